The highest BCUT2D eigenvalue weighted by Gasteiger charge is 2.42. The van der Waals surface area contributed by atoms with Gasteiger partial charge in [-0.15, -0.1) is 0 Å². The molecule has 1 heterocycles. The summed E-state index contributed by atoms with van der Waals surface area (Å²) in [6, 6.07) is 0. The summed E-state index contributed by atoms with van der Waals surface area (Å²) in [6.45, 7) is 8.33. The van der Waals surface area contributed by atoms with Crippen molar-refractivity contribution in [3.63, 3.8) is 0 Å². The van der Waals surface area contributed by atoms with E-state index >= 15 is 0 Å². The first-order valence-corrected chi connectivity index (χ1v) is 6.09. The van der Waals surface area contributed by atoms with Crippen LogP contribution in [0.25, 0.3) is 0 Å². The van der Waals surface area contributed by atoms with Gasteiger partial charge in [-0.1, -0.05) is 0 Å². The van der Waals surface area contributed by atoms with E-state index in [9.17, 15) is 0 Å². The third-order valence-electron chi connectivity index (χ3n) is 4.27. The standard InChI is InChI=1S/C12H24N2O/c1-9-12(3,6-7-15-9)14-8-11(2,13)10-4-5-10/h9-10,14H,4-8,13H2,1-3H3. The zero-order valence-electron chi connectivity index (χ0n) is 10.2. The minimum Gasteiger partial charge on any atom is -0.377 e. The van der Waals surface area contributed by atoms with Crippen molar-refractivity contribution >= 4 is 0 Å². The van der Waals surface area contributed by atoms with E-state index in [1.54, 1.807) is 0 Å². The van der Waals surface area contributed by atoms with Crippen LogP contribution in [0.2, 0.25) is 0 Å². The average molecular weight is 212 g/mol. The summed E-state index contributed by atoms with van der Waals surface area (Å²) in [5.74, 6) is 0.728. The quantitative estimate of drug-likeness (QED) is 0.738. The normalized spacial score (nSPS) is 40.4. The van der Waals surface area contributed by atoms with Crippen LogP contribution in [0.1, 0.15) is 40.0 Å². The monoisotopic (exact) mass is 212 g/mol. The Labute approximate surface area is 92.7 Å². The Hall–Kier alpha value is -0.120. The van der Waals surface area contributed by atoms with Gasteiger partial charge in [0.25, 0.3) is 0 Å². The van der Waals surface area contributed by atoms with Crippen LogP contribution in [0.5, 0.6) is 0 Å². The Bertz CT molecular complexity index is 238. The van der Waals surface area contributed by atoms with Crippen molar-refractivity contribution in [1.82, 2.24) is 5.32 Å². The zero-order chi connectivity index (χ0) is 11.1. The van der Waals surface area contributed by atoms with Gasteiger partial charge in [-0.05, 0) is 46.0 Å². The molecule has 3 unspecified atom stereocenters. The maximum absolute atomic E-state index is 6.30. The fourth-order valence-electron chi connectivity index (χ4n) is 2.35. The summed E-state index contributed by atoms with van der Waals surface area (Å²) in [5, 5.41) is 3.62. The third kappa shape index (κ3) is 2.35. The van der Waals surface area contributed by atoms with E-state index in [0.717, 1.165) is 25.5 Å². The van der Waals surface area contributed by atoms with E-state index in [4.69, 9.17) is 10.5 Å². The van der Waals surface area contributed by atoms with Gasteiger partial charge in [0.2, 0.25) is 0 Å². The Morgan fingerprint density at radius 1 is 1.53 bits per heavy atom. The van der Waals surface area contributed by atoms with Crippen LogP contribution in [0.3, 0.4) is 0 Å². The molecule has 0 radical (unpaired) electrons. The van der Waals surface area contributed by atoms with Crippen molar-refractivity contribution in [2.24, 2.45) is 11.7 Å². The predicted octanol–water partition coefficient (Wildman–Crippen LogP) is 1.27. The molecule has 0 aromatic carbocycles. The molecule has 0 spiro atoms. The molecule has 15 heavy (non-hydrogen) atoms. The van der Waals surface area contributed by atoms with Crippen LogP contribution >= 0.6 is 0 Å². The van der Waals surface area contributed by atoms with Gasteiger partial charge in [0, 0.05) is 24.2 Å². The summed E-state index contributed by atoms with van der Waals surface area (Å²) in [4.78, 5) is 0. The minimum absolute atomic E-state index is 0.0364. The highest BCUT2D eigenvalue weighted by atomic mass is 16.5. The summed E-state index contributed by atoms with van der Waals surface area (Å²) < 4.78 is 5.61. The molecule has 2 rings (SSSR count). The van der Waals surface area contributed by atoms with Gasteiger partial charge in [0.1, 0.15) is 0 Å². The molecule has 0 amide bonds. The molecule has 3 heteroatoms. The topological polar surface area (TPSA) is 47.3 Å². The maximum Gasteiger partial charge on any atom is 0.0726 e. The Morgan fingerprint density at radius 2 is 2.20 bits per heavy atom. The van der Waals surface area contributed by atoms with Gasteiger partial charge >= 0.3 is 0 Å². The smallest absolute Gasteiger partial charge is 0.0726 e. The summed E-state index contributed by atoms with van der Waals surface area (Å²) in [6.07, 6.45) is 4.00. The van der Waals surface area contributed by atoms with Gasteiger partial charge in [-0.2, -0.15) is 0 Å². The van der Waals surface area contributed by atoms with E-state index in [1.807, 2.05) is 0 Å². The van der Waals surface area contributed by atoms with Crippen LogP contribution in [0.4, 0.5) is 0 Å². The largest absolute Gasteiger partial charge is 0.377 e. The van der Waals surface area contributed by atoms with E-state index in [2.05, 4.69) is 26.1 Å². The van der Waals surface area contributed by atoms with Gasteiger partial charge in [0.15, 0.2) is 0 Å². The molecule has 3 nitrogen and oxygen atoms in total. The lowest BCUT2D eigenvalue weighted by molar-refractivity contribution is 0.0861. The number of nitrogens with two attached hydrogens (primary N) is 1. The SMILES string of the molecule is CC1OCCC1(C)NCC(C)(N)C1CC1. The fraction of sp³-hybridized carbons (Fsp3) is 1.00. The van der Waals surface area contributed by atoms with Gasteiger partial charge in [0.05, 0.1) is 6.10 Å². The van der Waals surface area contributed by atoms with Gasteiger partial charge < -0.3 is 15.8 Å². The van der Waals surface area contributed by atoms with Crippen molar-refractivity contribution in [2.75, 3.05) is 13.2 Å². The second kappa shape index (κ2) is 3.72. The number of ether oxygens (including phenoxy) is 1. The molecular weight excluding hydrogens is 188 g/mol. The van der Waals surface area contributed by atoms with Crippen molar-refractivity contribution in [1.29, 1.82) is 0 Å². The van der Waals surface area contributed by atoms with Crippen molar-refractivity contribution in [3.05, 3.63) is 0 Å². The van der Waals surface area contributed by atoms with Crippen LogP contribution in [0, 0.1) is 5.92 Å². The molecule has 3 N–H and O–H groups in total. The van der Waals surface area contributed by atoms with E-state index in [-0.39, 0.29) is 11.1 Å². The average Bonchev–Trinajstić information content (AvgIpc) is 2.94. The van der Waals surface area contributed by atoms with E-state index < -0.39 is 0 Å². The fourth-order valence-corrected chi connectivity index (χ4v) is 2.35. The number of rotatable bonds is 4. The molecule has 1 saturated heterocycles. The summed E-state index contributed by atoms with van der Waals surface area (Å²) in [5.41, 5.74) is 6.39. The summed E-state index contributed by atoms with van der Waals surface area (Å²) >= 11 is 0. The number of hydrogen-bond acceptors (Lipinski definition) is 3. The van der Waals surface area contributed by atoms with Gasteiger partial charge in [-0.25, -0.2) is 0 Å². The molecule has 1 aliphatic heterocycles. The molecule has 0 aromatic rings. The molecule has 1 saturated carbocycles. The number of nitrogens with one attached hydrogen (secondary N) is 1. The zero-order valence-corrected chi connectivity index (χ0v) is 10.2. The predicted molar refractivity (Wildman–Crippen MR) is 61.8 cm³/mol. The minimum atomic E-state index is -0.0364. The molecule has 3 atom stereocenters. The third-order valence-corrected chi connectivity index (χ3v) is 4.27. The number of hydrogen-bond donors (Lipinski definition) is 2. The first kappa shape index (κ1) is 11.4. The van der Waals surface area contributed by atoms with Crippen molar-refractivity contribution in [2.45, 2.75) is 57.2 Å². The molecule has 0 bridgehead atoms. The Balaban J connectivity index is 1.86. The summed E-state index contributed by atoms with van der Waals surface area (Å²) in [7, 11) is 0. The van der Waals surface area contributed by atoms with E-state index in [0.29, 0.717) is 6.10 Å². The van der Waals surface area contributed by atoms with Crippen LogP contribution in [-0.4, -0.2) is 30.3 Å². The first-order chi connectivity index (χ1) is 6.94. The van der Waals surface area contributed by atoms with Crippen LogP contribution < -0.4 is 11.1 Å². The highest BCUT2D eigenvalue weighted by Crippen LogP contribution is 2.38. The Kier molecular flexibility index (Phi) is 2.82. The first-order valence-electron chi connectivity index (χ1n) is 6.09. The van der Waals surface area contributed by atoms with Crippen LogP contribution in [0.15, 0.2) is 0 Å². The Morgan fingerprint density at radius 3 is 2.67 bits per heavy atom. The molecule has 1 aliphatic carbocycles. The lowest BCUT2D eigenvalue weighted by Gasteiger charge is -2.34. The van der Waals surface area contributed by atoms with Crippen LogP contribution in [-0.2, 0) is 4.74 Å². The van der Waals surface area contributed by atoms with Gasteiger partial charge in [-0.3, -0.25) is 0 Å². The highest BCUT2D eigenvalue weighted by molar-refractivity contribution is 5.01. The lowest BCUT2D eigenvalue weighted by atomic mass is 9.91. The second-order valence-corrected chi connectivity index (χ2v) is 5.81. The molecule has 0 aromatic heterocycles. The van der Waals surface area contributed by atoms with Crippen molar-refractivity contribution < 1.29 is 4.74 Å². The lowest BCUT2D eigenvalue weighted by Crippen LogP contribution is -2.56. The molecule has 2 aliphatic rings. The second-order valence-electron chi connectivity index (χ2n) is 5.81. The maximum atomic E-state index is 6.30. The van der Waals surface area contributed by atoms with Crippen molar-refractivity contribution in [3.8, 4) is 0 Å². The molecular formula is C12H24N2O. The van der Waals surface area contributed by atoms with E-state index in [1.165, 1.54) is 12.8 Å². The molecule has 88 valence electrons. The molecule has 2 fully saturated rings.